The highest BCUT2D eigenvalue weighted by Gasteiger charge is 2.09. The van der Waals surface area contributed by atoms with Gasteiger partial charge in [0.25, 0.3) is 0 Å². The van der Waals surface area contributed by atoms with E-state index in [1.807, 2.05) is 6.07 Å². The predicted octanol–water partition coefficient (Wildman–Crippen LogP) is 3.00. The smallest absolute Gasteiger partial charge is 0.150 e. The molecule has 0 unspecified atom stereocenters. The second kappa shape index (κ2) is 6.70. The van der Waals surface area contributed by atoms with Gasteiger partial charge in [-0.1, -0.05) is 13.3 Å². The van der Waals surface area contributed by atoms with Gasteiger partial charge in [0.2, 0.25) is 0 Å². The average molecular weight is 230 g/mol. The molecule has 1 aromatic rings. The summed E-state index contributed by atoms with van der Waals surface area (Å²) in [5.74, 6) is 0. The maximum Gasteiger partial charge on any atom is 0.150 e. The summed E-state index contributed by atoms with van der Waals surface area (Å²) in [6.45, 7) is 6.04. The molecule has 3 heteroatoms. The van der Waals surface area contributed by atoms with Gasteiger partial charge in [-0.15, -0.1) is 0 Å². The molecule has 1 aromatic carbocycles. The van der Waals surface area contributed by atoms with Crippen LogP contribution in [0.1, 0.15) is 42.6 Å². The first-order chi connectivity index (χ1) is 8.26. The van der Waals surface area contributed by atoms with Gasteiger partial charge in [-0.25, -0.2) is 0 Å². The van der Waals surface area contributed by atoms with Crippen molar-refractivity contribution in [1.29, 1.82) is 5.26 Å². The summed E-state index contributed by atoms with van der Waals surface area (Å²) in [4.78, 5) is 12.9. The zero-order valence-corrected chi connectivity index (χ0v) is 10.4. The lowest BCUT2D eigenvalue weighted by atomic mass is 10.1. The minimum absolute atomic E-state index is 0.553. The lowest BCUT2D eigenvalue weighted by molar-refractivity contribution is 0.112. The molecule has 0 amide bonds. The van der Waals surface area contributed by atoms with Crippen molar-refractivity contribution in [3.8, 4) is 6.07 Å². The molecule has 0 atom stereocenters. The van der Waals surface area contributed by atoms with Crippen LogP contribution in [-0.4, -0.2) is 19.4 Å². The van der Waals surface area contributed by atoms with E-state index in [0.29, 0.717) is 11.1 Å². The minimum atomic E-state index is 0.553. The molecule has 0 bridgehead atoms. The Morgan fingerprint density at radius 3 is 2.71 bits per heavy atom. The number of nitrogens with zero attached hydrogens (tertiary/aromatic N) is 2. The third kappa shape index (κ3) is 3.32. The van der Waals surface area contributed by atoms with Crippen LogP contribution in [0.5, 0.6) is 0 Å². The van der Waals surface area contributed by atoms with E-state index in [4.69, 9.17) is 5.26 Å². The van der Waals surface area contributed by atoms with Crippen molar-refractivity contribution in [2.24, 2.45) is 0 Å². The molecule has 0 aliphatic rings. The van der Waals surface area contributed by atoms with E-state index < -0.39 is 0 Å². The average Bonchev–Trinajstić information content (AvgIpc) is 2.39. The standard InChI is InChI=1S/C14H18N2O/c1-3-5-8-16(4-2)14-7-6-12(11-17)9-13(14)10-15/h6-7,9,11H,3-5,8H2,1-2H3. The van der Waals surface area contributed by atoms with Crippen LogP contribution in [-0.2, 0) is 0 Å². The van der Waals surface area contributed by atoms with Gasteiger partial charge in [-0.05, 0) is 31.5 Å². The zero-order valence-electron chi connectivity index (χ0n) is 10.4. The van der Waals surface area contributed by atoms with Gasteiger partial charge in [0, 0.05) is 18.7 Å². The number of hydrogen-bond donors (Lipinski definition) is 0. The molecule has 0 aliphatic heterocycles. The Labute approximate surface area is 103 Å². The first-order valence-electron chi connectivity index (χ1n) is 6.01. The molecular formula is C14H18N2O. The van der Waals surface area contributed by atoms with Gasteiger partial charge in [0.05, 0.1) is 11.3 Å². The van der Waals surface area contributed by atoms with E-state index in [-0.39, 0.29) is 0 Å². The molecule has 17 heavy (non-hydrogen) atoms. The number of rotatable bonds is 6. The first kappa shape index (κ1) is 13.2. The molecule has 0 radical (unpaired) electrons. The summed E-state index contributed by atoms with van der Waals surface area (Å²) in [6.07, 6.45) is 3.01. The van der Waals surface area contributed by atoms with Crippen LogP contribution in [0.2, 0.25) is 0 Å². The fourth-order valence-electron chi connectivity index (χ4n) is 1.79. The van der Waals surface area contributed by atoms with Crippen LogP contribution in [0.3, 0.4) is 0 Å². The SMILES string of the molecule is CCCCN(CC)c1ccc(C=O)cc1C#N. The number of hydrogen-bond acceptors (Lipinski definition) is 3. The highest BCUT2D eigenvalue weighted by atomic mass is 16.1. The molecule has 0 spiro atoms. The topological polar surface area (TPSA) is 44.1 Å². The van der Waals surface area contributed by atoms with Gasteiger partial charge in [0.15, 0.2) is 0 Å². The van der Waals surface area contributed by atoms with Crippen molar-refractivity contribution in [2.45, 2.75) is 26.7 Å². The van der Waals surface area contributed by atoms with Crippen molar-refractivity contribution in [3.05, 3.63) is 29.3 Å². The summed E-state index contributed by atoms with van der Waals surface area (Å²) in [5, 5.41) is 9.12. The van der Waals surface area contributed by atoms with Crippen molar-refractivity contribution in [3.63, 3.8) is 0 Å². The highest BCUT2D eigenvalue weighted by Crippen LogP contribution is 2.21. The summed E-state index contributed by atoms with van der Waals surface area (Å²) >= 11 is 0. The quantitative estimate of drug-likeness (QED) is 0.706. The van der Waals surface area contributed by atoms with E-state index in [1.165, 1.54) is 0 Å². The largest absolute Gasteiger partial charge is 0.371 e. The molecule has 0 aliphatic carbocycles. The number of aldehydes is 1. The first-order valence-corrected chi connectivity index (χ1v) is 6.01. The van der Waals surface area contributed by atoms with Crippen LogP contribution in [0, 0.1) is 11.3 Å². The summed E-state index contributed by atoms with van der Waals surface area (Å²) in [5.41, 5.74) is 2.05. The van der Waals surface area contributed by atoms with Crippen molar-refractivity contribution in [2.75, 3.05) is 18.0 Å². The Kier molecular flexibility index (Phi) is 5.22. The number of carbonyl (C=O) groups is 1. The maximum atomic E-state index is 10.7. The second-order valence-corrected chi connectivity index (χ2v) is 3.94. The Bertz CT molecular complexity index is 421. The molecule has 1 rings (SSSR count). The third-order valence-electron chi connectivity index (χ3n) is 2.78. The predicted molar refractivity (Wildman–Crippen MR) is 69.3 cm³/mol. The summed E-state index contributed by atoms with van der Waals surface area (Å²) in [6, 6.07) is 7.43. The molecule has 90 valence electrons. The Balaban J connectivity index is 3.02. The molecule has 0 heterocycles. The number of benzene rings is 1. The fourth-order valence-corrected chi connectivity index (χ4v) is 1.79. The van der Waals surface area contributed by atoms with E-state index in [1.54, 1.807) is 12.1 Å². The Hall–Kier alpha value is -1.82. The van der Waals surface area contributed by atoms with Crippen molar-refractivity contribution in [1.82, 2.24) is 0 Å². The normalized spacial score (nSPS) is 9.71. The van der Waals surface area contributed by atoms with Crippen LogP contribution >= 0.6 is 0 Å². The zero-order chi connectivity index (χ0) is 12.7. The Morgan fingerprint density at radius 1 is 1.41 bits per heavy atom. The van der Waals surface area contributed by atoms with Gasteiger partial charge < -0.3 is 4.90 Å². The van der Waals surface area contributed by atoms with E-state index in [2.05, 4.69) is 24.8 Å². The Morgan fingerprint density at radius 2 is 2.18 bits per heavy atom. The second-order valence-electron chi connectivity index (χ2n) is 3.94. The van der Waals surface area contributed by atoms with E-state index >= 15 is 0 Å². The number of anilines is 1. The number of carbonyl (C=O) groups excluding carboxylic acids is 1. The molecule has 0 aromatic heterocycles. The van der Waals surface area contributed by atoms with Gasteiger partial charge in [0.1, 0.15) is 12.4 Å². The third-order valence-corrected chi connectivity index (χ3v) is 2.78. The van der Waals surface area contributed by atoms with Gasteiger partial charge in [-0.3, -0.25) is 4.79 Å². The van der Waals surface area contributed by atoms with Crippen LogP contribution in [0.15, 0.2) is 18.2 Å². The number of unbranched alkanes of at least 4 members (excludes halogenated alkanes) is 1. The lowest BCUT2D eigenvalue weighted by Gasteiger charge is -2.24. The molecule has 0 saturated carbocycles. The maximum absolute atomic E-state index is 10.7. The monoisotopic (exact) mass is 230 g/mol. The van der Waals surface area contributed by atoms with Crippen LogP contribution in [0.25, 0.3) is 0 Å². The minimum Gasteiger partial charge on any atom is -0.371 e. The lowest BCUT2D eigenvalue weighted by Crippen LogP contribution is -2.24. The van der Waals surface area contributed by atoms with Crippen molar-refractivity contribution < 1.29 is 4.79 Å². The molecule has 0 N–H and O–H groups in total. The van der Waals surface area contributed by atoms with Crippen LogP contribution < -0.4 is 4.90 Å². The summed E-state index contributed by atoms with van der Waals surface area (Å²) < 4.78 is 0. The summed E-state index contributed by atoms with van der Waals surface area (Å²) in [7, 11) is 0. The molecule has 3 nitrogen and oxygen atoms in total. The van der Waals surface area contributed by atoms with E-state index in [0.717, 1.165) is 37.9 Å². The number of nitriles is 1. The van der Waals surface area contributed by atoms with Crippen LogP contribution in [0.4, 0.5) is 5.69 Å². The highest BCUT2D eigenvalue weighted by molar-refractivity contribution is 5.78. The fraction of sp³-hybridized carbons (Fsp3) is 0.429. The van der Waals surface area contributed by atoms with Gasteiger partial charge >= 0.3 is 0 Å². The van der Waals surface area contributed by atoms with Crippen molar-refractivity contribution >= 4 is 12.0 Å². The molecular weight excluding hydrogens is 212 g/mol. The van der Waals surface area contributed by atoms with Gasteiger partial charge in [-0.2, -0.15) is 5.26 Å². The van der Waals surface area contributed by atoms with E-state index in [9.17, 15) is 4.79 Å². The molecule has 0 saturated heterocycles. The molecule has 0 fully saturated rings.